The molecule has 10 nitrogen and oxygen atoms in total. The monoisotopic (exact) mass is 416 g/mol. The van der Waals surface area contributed by atoms with Crippen LogP contribution >= 0.6 is 0 Å². The Morgan fingerprint density at radius 1 is 1.07 bits per heavy atom. The highest BCUT2D eigenvalue weighted by Crippen LogP contribution is 2.13. The first-order chi connectivity index (χ1) is 13.8. The number of carbonyl (C=O) groups excluding carboxylic acids is 2. The SMILES string of the molecule is CCOC(=O)c1ccc(S(=O)(=O)NNC(=O)c2n[nH]c(=O)c3ccccc23)cc1. The first-order valence-electron chi connectivity index (χ1n) is 8.40. The highest BCUT2D eigenvalue weighted by Gasteiger charge is 2.19. The molecule has 0 radical (unpaired) electrons. The topological polar surface area (TPSA) is 147 Å². The van der Waals surface area contributed by atoms with E-state index in [4.69, 9.17) is 4.74 Å². The van der Waals surface area contributed by atoms with Gasteiger partial charge in [-0.2, -0.15) is 5.10 Å². The third-order valence-electron chi connectivity index (χ3n) is 3.89. The molecule has 0 aliphatic carbocycles. The van der Waals surface area contributed by atoms with E-state index in [0.717, 1.165) is 0 Å². The van der Waals surface area contributed by atoms with Gasteiger partial charge in [0.25, 0.3) is 21.5 Å². The quantitative estimate of drug-likeness (QED) is 0.396. The van der Waals surface area contributed by atoms with Gasteiger partial charge in [-0.15, -0.1) is 4.83 Å². The molecule has 29 heavy (non-hydrogen) atoms. The molecule has 0 aliphatic rings. The van der Waals surface area contributed by atoms with Gasteiger partial charge in [-0.05, 0) is 37.3 Å². The lowest BCUT2D eigenvalue weighted by Gasteiger charge is -2.09. The smallest absolute Gasteiger partial charge is 0.338 e. The normalized spacial score (nSPS) is 11.2. The van der Waals surface area contributed by atoms with Gasteiger partial charge in [0.15, 0.2) is 5.69 Å². The van der Waals surface area contributed by atoms with Crippen LogP contribution in [0.25, 0.3) is 10.8 Å². The molecule has 1 amide bonds. The average molecular weight is 416 g/mol. The highest BCUT2D eigenvalue weighted by atomic mass is 32.2. The molecular formula is C18H16N4O6S. The van der Waals surface area contributed by atoms with Crippen LogP contribution in [0.15, 0.2) is 58.2 Å². The molecule has 0 aliphatic heterocycles. The second-order valence-electron chi connectivity index (χ2n) is 5.75. The Morgan fingerprint density at radius 2 is 1.72 bits per heavy atom. The first-order valence-corrected chi connectivity index (χ1v) is 9.88. The number of rotatable bonds is 6. The fraction of sp³-hybridized carbons (Fsp3) is 0.111. The number of H-pyrrole nitrogens is 1. The van der Waals surface area contributed by atoms with Crippen LogP contribution in [0, 0.1) is 0 Å². The fourth-order valence-corrected chi connectivity index (χ4v) is 3.34. The zero-order chi connectivity index (χ0) is 21.0. The van der Waals surface area contributed by atoms with Gasteiger partial charge in [0.2, 0.25) is 0 Å². The molecule has 2 aromatic carbocycles. The minimum atomic E-state index is -4.11. The van der Waals surface area contributed by atoms with Crippen LogP contribution in [0.3, 0.4) is 0 Å². The Labute approximate surface area is 164 Å². The summed E-state index contributed by atoms with van der Waals surface area (Å²) in [6, 6.07) is 11.3. The van der Waals surface area contributed by atoms with Crippen molar-refractivity contribution in [3.8, 4) is 0 Å². The molecule has 3 aromatic rings. The lowest BCUT2D eigenvalue weighted by atomic mass is 10.1. The van der Waals surface area contributed by atoms with Crippen LogP contribution in [0.5, 0.6) is 0 Å². The second-order valence-corrected chi connectivity index (χ2v) is 7.43. The van der Waals surface area contributed by atoms with E-state index in [-0.39, 0.29) is 33.5 Å². The lowest BCUT2D eigenvalue weighted by Crippen LogP contribution is -2.42. The standard InChI is InChI=1S/C18H16N4O6S/c1-2-28-18(25)11-7-9-12(10-8-11)29(26,27)22-21-17(24)15-13-5-3-4-6-14(13)16(23)20-19-15/h3-10,22H,2H2,1H3,(H,20,23)(H,21,24). The number of carbonyl (C=O) groups is 2. The number of hydrogen-bond acceptors (Lipinski definition) is 7. The largest absolute Gasteiger partial charge is 0.462 e. The van der Waals surface area contributed by atoms with E-state index in [1.807, 2.05) is 4.83 Å². The minimum Gasteiger partial charge on any atom is -0.462 e. The summed E-state index contributed by atoms with van der Waals surface area (Å²) < 4.78 is 29.6. The summed E-state index contributed by atoms with van der Waals surface area (Å²) in [5, 5.41) is 6.40. The summed E-state index contributed by atoms with van der Waals surface area (Å²) in [4.78, 5) is 37.6. The predicted octanol–water partition coefficient (Wildman–Crippen LogP) is 0.723. The van der Waals surface area contributed by atoms with E-state index in [1.54, 1.807) is 19.1 Å². The molecule has 0 saturated carbocycles. The summed E-state index contributed by atoms with van der Waals surface area (Å²) in [6.45, 7) is 1.85. The van der Waals surface area contributed by atoms with Crippen LogP contribution in [0.4, 0.5) is 0 Å². The van der Waals surface area contributed by atoms with Crippen molar-refractivity contribution in [2.24, 2.45) is 0 Å². The number of aromatic amines is 1. The van der Waals surface area contributed by atoms with Crippen molar-refractivity contribution in [3.63, 3.8) is 0 Å². The third kappa shape index (κ3) is 4.31. The summed E-state index contributed by atoms with van der Waals surface area (Å²) >= 11 is 0. The van der Waals surface area contributed by atoms with Crippen LogP contribution in [-0.4, -0.2) is 37.1 Å². The first kappa shape index (κ1) is 20.2. The Morgan fingerprint density at radius 3 is 2.38 bits per heavy atom. The number of hydrogen-bond donors (Lipinski definition) is 3. The summed E-state index contributed by atoms with van der Waals surface area (Å²) in [7, 11) is -4.11. The maximum Gasteiger partial charge on any atom is 0.338 e. The van der Waals surface area contributed by atoms with Gasteiger partial charge in [-0.1, -0.05) is 18.2 Å². The van der Waals surface area contributed by atoms with Crippen LogP contribution < -0.4 is 15.8 Å². The molecule has 150 valence electrons. The maximum absolute atomic E-state index is 12.4. The third-order valence-corrected chi connectivity index (χ3v) is 5.15. The molecule has 3 rings (SSSR count). The van der Waals surface area contributed by atoms with E-state index in [1.165, 1.54) is 36.4 Å². The van der Waals surface area contributed by atoms with Gasteiger partial charge < -0.3 is 4.74 Å². The van der Waals surface area contributed by atoms with Gasteiger partial charge in [0.1, 0.15) is 0 Å². The number of benzene rings is 2. The number of sulfonamides is 1. The zero-order valence-electron chi connectivity index (χ0n) is 15.1. The van der Waals surface area contributed by atoms with Gasteiger partial charge in [-0.3, -0.25) is 15.0 Å². The number of nitrogens with one attached hydrogen (secondary N) is 3. The molecule has 1 heterocycles. The van der Waals surface area contributed by atoms with E-state index < -0.39 is 27.5 Å². The number of esters is 1. The minimum absolute atomic E-state index is 0.152. The number of ether oxygens (including phenoxy) is 1. The van der Waals surface area contributed by atoms with Crippen molar-refractivity contribution < 1.29 is 22.7 Å². The Balaban J connectivity index is 1.77. The molecule has 3 N–H and O–H groups in total. The second kappa shape index (κ2) is 8.20. The molecular weight excluding hydrogens is 400 g/mol. The summed E-state index contributed by atoms with van der Waals surface area (Å²) in [5.74, 6) is -1.43. The molecule has 11 heteroatoms. The van der Waals surface area contributed by atoms with Crippen molar-refractivity contribution in [2.75, 3.05) is 6.61 Å². The predicted molar refractivity (Wildman–Crippen MR) is 103 cm³/mol. The summed E-state index contributed by atoms with van der Waals surface area (Å²) in [5.41, 5.74) is 1.62. The fourth-order valence-electron chi connectivity index (χ4n) is 2.50. The molecule has 0 unspecified atom stereocenters. The van der Waals surface area contributed by atoms with Crippen molar-refractivity contribution in [2.45, 2.75) is 11.8 Å². The Bertz CT molecular complexity index is 1240. The molecule has 0 saturated heterocycles. The van der Waals surface area contributed by atoms with E-state index in [0.29, 0.717) is 0 Å². The highest BCUT2D eigenvalue weighted by molar-refractivity contribution is 7.89. The van der Waals surface area contributed by atoms with Crippen LogP contribution in [0.1, 0.15) is 27.8 Å². The van der Waals surface area contributed by atoms with Gasteiger partial charge in [0.05, 0.1) is 22.5 Å². The van der Waals surface area contributed by atoms with Crippen molar-refractivity contribution in [1.29, 1.82) is 0 Å². The number of nitrogens with zero attached hydrogens (tertiary/aromatic N) is 1. The Hall–Kier alpha value is -3.57. The van der Waals surface area contributed by atoms with Crippen LogP contribution in [-0.2, 0) is 14.8 Å². The Kier molecular flexibility index (Phi) is 5.71. The molecule has 0 atom stereocenters. The molecule has 0 spiro atoms. The van der Waals surface area contributed by atoms with Gasteiger partial charge in [0, 0.05) is 5.39 Å². The van der Waals surface area contributed by atoms with E-state index in [9.17, 15) is 22.8 Å². The zero-order valence-corrected chi connectivity index (χ0v) is 15.9. The van der Waals surface area contributed by atoms with Crippen molar-refractivity contribution in [1.82, 2.24) is 20.5 Å². The lowest BCUT2D eigenvalue weighted by molar-refractivity contribution is 0.0526. The van der Waals surface area contributed by atoms with Gasteiger partial charge >= 0.3 is 5.97 Å². The number of hydrazine groups is 1. The average Bonchev–Trinajstić information content (AvgIpc) is 2.73. The molecule has 0 bridgehead atoms. The van der Waals surface area contributed by atoms with Crippen LogP contribution in [0.2, 0.25) is 0 Å². The number of fused-ring (bicyclic) bond motifs is 1. The number of amides is 1. The number of aromatic nitrogens is 2. The van der Waals surface area contributed by atoms with E-state index >= 15 is 0 Å². The summed E-state index contributed by atoms with van der Waals surface area (Å²) in [6.07, 6.45) is 0. The van der Waals surface area contributed by atoms with Crippen molar-refractivity contribution in [3.05, 3.63) is 70.1 Å². The maximum atomic E-state index is 12.4. The molecule has 0 fully saturated rings. The van der Waals surface area contributed by atoms with Gasteiger partial charge in [-0.25, -0.2) is 18.3 Å². The molecule has 1 aromatic heterocycles. The van der Waals surface area contributed by atoms with Crippen molar-refractivity contribution >= 4 is 32.7 Å². The van der Waals surface area contributed by atoms with E-state index in [2.05, 4.69) is 15.6 Å².